The van der Waals surface area contributed by atoms with Crippen molar-refractivity contribution in [2.75, 3.05) is 16.8 Å². The fourth-order valence-electron chi connectivity index (χ4n) is 2.77. The van der Waals surface area contributed by atoms with Crippen molar-refractivity contribution in [3.05, 3.63) is 24.3 Å². The number of para-hydroxylation sites is 2. The maximum atomic E-state index is 12.5. The van der Waals surface area contributed by atoms with Gasteiger partial charge in [0.2, 0.25) is 17.7 Å². The van der Waals surface area contributed by atoms with Crippen molar-refractivity contribution >= 4 is 35.1 Å². The number of fused-ring (bicyclic) bond motifs is 1. The summed E-state index contributed by atoms with van der Waals surface area (Å²) in [4.78, 5) is 48.8. The summed E-state index contributed by atoms with van der Waals surface area (Å²) in [5, 5.41) is 14.3. The predicted octanol–water partition coefficient (Wildman–Crippen LogP) is 1.37. The first-order chi connectivity index (χ1) is 12.3. The Morgan fingerprint density at radius 3 is 2.58 bits per heavy atom. The molecule has 26 heavy (non-hydrogen) atoms. The minimum atomic E-state index is -1.10. The quantitative estimate of drug-likeness (QED) is 0.678. The van der Waals surface area contributed by atoms with Crippen molar-refractivity contribution in [2.24, 2.45) is 5.92 Å². The van der Waals surface area contributed by atoms with E-state index in [1.54, 1.807) is 24.3 Å². The summed E-state index contributed by atoms with van der Waals surface area (Å²) < 4.78 is 0. The fourth-order valence-corrected chi connectivity index (χ4v) is 2.77. The third-order valence-corrected chi connectivity index (χ3v) is 3.98. The molecule has 0 aliphatic carbocycles. The van der Waals surface area contributed by atoms with Gasteiger partial charge >= 0.3 is 5.97 Å². The number of nitrogens with zero attached hydrogens (tertiary/aromatic N) is 1. The molecule has 1 aliphatic rings. The van der Waals surface area contributed by atoms with Gasteiger partial charge in [0.1, 0.15) is 12.6 Å². The lowest BCUT2D eigenvalue weighted by Gasteiger charge is -2.29. The number of carboxylic acids is 1. The van der Waals surface area contributed by atoms with Gasteiger partial charge in [-0.05, 0) is 24.5 Å². The van der Waals surface area contributed by atoms with Gasteiger partial charge in [-0.1, -0.05) is 26.0 Å². The van der Waals surface area contributed by atoms with Crippen LogP contribution < -0.4 is 15.5 Å². The van der Waals surface area contributed by atoms with Crippen molar-refractivity contribution in [3.63, 3.8) is 0 Å². The molecule has 0 aromatic heterocycles. The first-order valence-corrected chi connectivity index (χ1v) is 8.49. The molecule has 140 valence electrons. The molecule has 3 N–H and O–H groups in total. The van der Waals surface area contributed by atoms with Crippen LogP contribution in [0.4, 0.5) is 11.4 Å². The second kappa shape index (κ2) is 8.46. The number of hydrogen-bond acceptors (Lipinski definition) is 4. The van der Waals surface area contributed by atoms with Crippen LogP contribution in [0.15, 0.2) is 24.3 Å². The van der Waals surface area contributed by atoms with Gasteiger partial charge in [0.05, 0.1) is 11.4 Å². The zero-order valence-electron chi connectivity index (χ0n) is 14.8. The van der Waals surface area contributed by atoms with Gasteiger partial charge in [-0.3, -0.25) is 14.4 Å². The van der Waals surface area contributed by atoms with Crippen LogP contribution in [0.25, 0.3) is 0 Å². The third kappa shape index (κ3) is 5.05. The average Bonchev–Trinajstić information content (AvgIpc) is 2.57. The lowest BCUT2D eigenvalue weighted by Crippen LogP contribution is -2.44. The molecule has 1 unspecified atom stereocenters. The van der Waals surface area contributed by atoms with Crippen LogP contribution >= 0.6 is 0 Å². The normalized spacial score (nSPS) is 14.4. The number of carbonyl (C=O) groups excluding carboxylic acids is 3. The number of nitrogens with one attached hydrogen (secondary N) is 2. The van der Waals surface area contributed by atoms with Crippen LogP contribution in [0.5, 0.6) is 0 Å². The van der Waals surface area contributed by atoms with E-state index in [4.69, 9.17) is 5.11 Å². The highest BCUT2D eigenvalue weighted by Gasteiger charge is 2.27. The Kier molecular flexibility index (Phi) is 6.32. The first kappa shape index (κ1) is 19.4. The maximum absolute atomic E-state index is 12.5. The third-order valence-electron chi connectivity index (χ3n) is 3.98. The first-order valence-electron chi connectivity index (χ1n) is 8.49. The topological polar surface area (TPSA) is 116 Å². The van der Waals surface area contributed by atoms with E-state index in [1.165, 1.54) is 4.90 Å². The monoisotopic (exact) mass is 361 g/mol. The molecule has 0 radical (unpaired) electrons. The van der Waals surface area contributed by atoms with Crippen molar-refractivity contribution in [3.8, 4) is 0 Å². The number of rotatable bonds is 7. The van der Waals surface area contributed by atoms with E-state index in [0.717, 1.165) is 0 Å². The highest BCUT2D eigenvalue weighted by Crippen LogP contribution is 2.29. The molecule has 1 aromatic rings. The van der Waals surface area contributed by atoms with E-state index >= 15 is 0 Å². The van der Waals surface area contributed by atoms with E-state index in [2.05, 4.69) is 10.6 Å². The van der Waals surface area contributed by atoms with E-state index < -0.39 is 17.9 Å². The molecule has 0 saturated carbocycles. The molecule has 8 nitrogen and oxygen atoms in total. The number of anilines is 2. The van der Waals surface area contributed by atoms with Crippen LogP contribution in [-0.2, 0) is 19.2 Å². The zero-order chi connectivity index (χ0) is 19.3. The van der Waals surface area contributed by atoms with Gasteiger partial charge in [-0.2, -0.15) is 0 Å². The maximum Gasteiger partial charge on any atom is 0.326 e. The van der Waals surface area contributed by atoms with E-state index in [1.807, 2.05) is 13.8 Å². The minimum absolute atomic E-state index is 0.109. The standard InChI is InChI=1S/C18H23N3O5/c1-11(2)9-13(18(25)26)20-15(22)7-8-17(24)21-10-16(23)19-12-5-3-4-6-14(12)21/h3-6,11,13H,7-10H2,1-2H3,(H,19,23)(H,20,22)(H,25,26). The molecule has 0 spiro atoms. The van der Waals surface area contributed by atoms with E-state index in [-0.39, 0.29) is 37.1 Å². The van der Waals surface area contributed by atoms with E-state index in [0.29, 0.717) is 17.8 Å². The summed E-state index contributed by atoms with van der Waals surface area (Å²) in [7, 11) is 0. The Morgan fingerprint density at radius 2 is 1.92 bits per heavy atom. The second-order valence-electron chi connectivity index (χ2n) is 6.63. The van der Waals surface area contributed by atoms with Crippen LogP contribution in [0.1, 0.15) is 33.1 Å². The Bertz CT molecular complexity index is 717. The average molecular weight is 361 g/mol. The summed E-state index contributed by atoms with van der Waals surface area (Å²) in [6.07, 6.45) is 0.0666. The smallest absolute Gasteiger partial charge is 0.326 e. The summed E-state index contributed by atoms with van der Waals surface area (Å²) in [6, 6.07) is 5.95. The van der Waals surface area contributed by atoms with Gasteiger partial charge in [-0.25, -0.2) is 4.79 Å². The molecule has 3 amide bonds. The lowest BCUT2D eigenvalue weighted by atomic mass is 10.0. The number of benzene rings is 1. The number of aliphatic carboxylic acids is 1. The summed E-state index contributed by atoms with van der Waals surface area (Å²) in [5.41, 5.74) is 1.13. The number of hydrogen-bond donors (Lipinski definition) is 3. The number of carboxylic acid groups (broad SMARTS) is 1. The molecule has 0 fully saturated rings. The number of carbonyl (C=O) groups is 4. The molecule has 1 aromatic carbocycles. The SMILES string of the molecule is CC(C)CC(NC(=O)CCC(=O)N1CC(=O)Nc2ccccc21)C(=O)O. The molecule has 0 saturated heterocycles. The highest BCUT2D eigenvalue weighted by atomic mass is 16.4. The zero-order valence-corrected chi connectivity index (χ0v) is 14.8. The van der Waals surface area contributed by atoms with Crippen molar-refractivity contribution in [1.29, 1.82) is 0 Å². The summed E-state index contributed by atoms with van der Waals surface area (Å²) >= 11 is 0. The minimum Gasteiger partial charge on any atom is -0.480 e. The molecule has 0 bridgehead atoms. The van der Waals surface area contributed by atoms with Crippen molar-refractivity contribution in [2.45, 2.75) is 39.2 Å². The highest BCUT2D eigenvalue weighted by molar-refractivity contribution is 6.10. The largest absolute Gasteiger partial charge is 0.480 e. The van der Waals surface area contributed by atoms with E-state index in [9.17, 15) is 19.2 Å². The van der Waals surface area contributed by atoms with Gasteiger partial charge in [0.15, 0.2) is 0 Å². The molecule has 2 rings (SSSR count). The molecular weight excluding hydrogens is 338 g/mol. The van der Waals surface area contributed by atoms with Crippen LogP contribution in [0.3, 0.4) is 0 Å². The van der Waals surface area contributed by atoms with Crippen LogP contribution in [0.2, 0.25) is 0 Å². The summed E-state index contributed by atoms with van der Waals surface area (Å²) in [5.74, 6) is -2.15. The van der Waals surface area contributed by atoms with Gasteiger partial charge in [0.25, 0.3) is 0 Å². The fraction of sp³-hybridized carbons (Fsp3) is 0.444. The lowest BCUT2D eigenvalue weighted by molar-refractivity contribution is -0.142. The van der Waals surface area contributed by atoms with Gasteiger partial charge < -0.3 is 20.6 Å². The number of amides is 3. The molecule has 1 heterocycles. The van der Waals surface area contributed by atoms with Crippen LogP contribution in [-0.4, -0.2) is 41.4 Å². The second-order valence-corrected chi connectivity index (χ2v) is 6.63. The molecule has 1 aliphatic heterocycles. The van der Waals surface area contributed by atoms with Crippen molar-refractivity contribution in [1.82, 2.24) is 5.32 Å². The van der Waals surface area contributed by atoms with Gasteiger partial charge in [0, 0.05) is 12.8 Å². The van der Waals surface area contributed by atoms with Gasteiger partial charge in [-0.15, -0.1) is 0 Å². The Hall–Kier alpha value is -2.90. The van der Waals surface area contributed by atoms with Crippen molar-refractivity contribution < 1.29 is 24.3 Å². The Labute approximate surface area is 151 Å². The molecular formula is C18H23N3O5. The summed E-state index contributed by atoms with van der Waals surface area (Å²) in [6.45, 7) is 3.62. The molecule has 8 heteroatoms. The Morgan fingerprint density at radius 1 is 1.23 bits per heavy atom. The van der Waals surface area contributed by atoms with Crippen LogP contribution in [0, 0.1) is 5.92 Å². The molecule has 1 atom stereocenters. The Balaban J connectivity index is 1.95. The predicted molar refractivity (Wildman–Crippen MR) is 95.7 cm³/mol.